The molecular weight excluding hydrogens is 451 g/mol. The van der Waals surface area contributed by atoms with Gasteiger partial charge in [-0.05, 0) is 37.0 Å². The monoisotopic (exact) mass is 480 g/mol. The molecule has 3 N–H and O–H groups in total. The quantitative estimate of drug-likeness (QED) is 0.272. The first-order valence-electron chi connectivity index (χ1n) is 8.67. The van der Waals surface area contributed by atoms with Crippen molar-refractivity contribution >= 4 is 40.0 Å². The molecule has 0 atom stereocenters. The van der Waals surface area contributed by atoms with Crippen molar-refractivity contribution in [3.63, 3.8) is 0 Å². The molecule has 1 saturated heterocycles. The molecule has 25 heavy (non-hydrogen) atoms. The lowest BCUT2D eigenvalue weighted by molar-refractivity contribution is 0.346. The summed E-state index contributed by atoms with van der Waals surface area (Å²) >= 11 is 0. The molecule has 0 spiro atoms. The Morgan fingerprint density at radius 2 is 1.84 bits per heavy atom. The number of sulfonamides is 1. The predicted octanol–water partition coefficient (Wildman–Crippen LogP) is 2.68. The topological polar surface area (TPSA) is 87.8 Å². The Balaban J connectivity index is 0.00000312. The third-order valence-corrected chi connectivity index (χ3v) is 6.06. The highest BCUT2D eigenvalue weighted by atomic mass is 127. The zero-order valence-electron chi connectivity index (χ0n) is 14.8. The molecule has 142 valence electrons. The van der Waals surface area contributed by atoms with Crippen LogP contribution in [0.15, 0.2) is 34.2 Å². The average Bonchev–Trinajstić information content (AvgIpc) is 2.61. The summed E-state index contributed by atoms with van der Waals surface area (Å²) in [5.41, 5.74) is 6.73. The molecule has 0 radical (unpaired) electrons. The molecule has 1 heterocycles. The summed E-state index contributed by atoms with van der Waals surface area (Å²) in [4.78, 5) is 4.62. The minimum atomic E-state index is -3.36. The lowest BCUT2D eigenvalue weighted by Crippen LogP contribution is -2.35. The molecule has 8 heteroatoms. The Morgan fingerprint density at radius 1 is 1.20 bits per heavy atom. The maximum Gasteiger partial charge on any atom is 0.243 e. The number of unbranched alkanes of at least 4 members (excludes halogenated alkanes) is 1. The van der Waals surface area contributed by atoms with Gasteiger partial charge in [-0.3, -0.25) is 0 Å². The van der Waals surface area contributed by atoms with Crippen LogP contribution >= 0.6 is 24.0 Å². The van der Waals surface area contributed by atoms with Gasteiger partial charge in [-0.25, -0.2) is 13.4 Å². The zero-order valence-corrected chi connectivity index (χ0v) is 17.9. The molecular formula is C17H29IN4O2S. The number of halogens is 1. The number of rotatable bonds is 7. The Labute approximate surface area is 168 Å². The molecule has 0 saturated carbocycles. The van der Waals surface area contributed by atoms with Crippen molar-refractivity contribution in [3.05, 3.63) is 29.8 Å². The lowest BCUT2D eigenvalue weighted by Gasteiger charge is -2.25. The van der Waals surface area contributed by atoms with Crippen molar-refractivity contribution in [2.75, 3.05) is 19.6 Å². The van der Waals surface area contributed by atoms with E-state index in [1.165, 1.54) is 0 Å². The first-order chi connectivity index (χ1) is 11.5. The van der Waals surface area contributed by atoms with Gasteiger partial charge < -0.3 is 11.1 Å². The minimum absolute atomic E-state index is 0. The highest BCUT2D eigenvalue weighted by molar-refractivity contribution is 14.0. The summed E-state index contributed by atoms with van der Waals surface area (Å²) < 4.78 is 26.7. The van der Waals surface area contributed by atoms with E-state index in [1.54, 1.807) is 28.6 Å². The molecule has 1 fully saturated rings. The van der Waals surface area contributed by atoms with Crippen LogP contribution in [0.3, 0.4) is 0 Å². The normalized spacial score (nSPS) is 16.3. The van der Waals surface area contributed by atoms with E-state index in [9.17, 15) is 8.42 Å². The van der Waals surface area contributed by atoms with Crippen molar-refractivity contribution in [2.45, 2.75) is 50.5 Å². The van der Waals surface area contributed by atoms with Crippen LogP contribution in [0.5, 0.6) is 0 Å². The van der Waals surface area contributed by atoms with Crippen LogP contribution in [-0.2, 0) is 16.6 Å². The second kappa shape index (κ2) is 11.0. The van der Waals surface area contributed by atoms with Crippen LogP contribution in [0.4, 0.5) is 0 Å². The number of piperidine rings is 1. The summed E-state index contributed by atoms with van der Waals surface area (Å²) in [6.45, 7) is 4.62. The van der Waals surface area contributed by atoms with E-state index in [-0.39, 0.29) is 24.0 Å². The Bertz CT molecular complexity index is 641. The van der Waals surface area contributed by atoms with Gasteiger partial charge in [0.1, 0.15) is 0 Å². The van der Waals surface area contributed by atoms with Gasteiger partial charge in [0.25, 0.3) is 0 Å². The first kappa shape index (κ1) is 22.2. The third kappa shape index (κ3) is 6.74. The van der Waals surface area contributed by atoms with Crippen LogP contribution in [0.1, 0.15) is 44.6 Å². The third-order valence-electron chi connectivity index (χ3n) is 4.14. The number of hydrogen-bond acceptors (Lipinski definition) is 3. The predicted molar refractivity (Wildman–Crippen MR) is 113 cm³/mol. The summed E-state index contributed by atoms with van der Waals surface area (Å²) in [5, 5.41) is 3.06. The number of nitrogens with zero attached hydrogens (tertiary/aromatic N) is 2. The Kier molecular flexibility index (Phi) is 9.73. The maximum atomic E-state index is 12.6. The van der Waals surface area contributed by atoms with Crippen LogP contribution in [0, 0.1) is 0 Å². The molecule has 1 aromatic rings. The number of nitrogens with one attached hydrogen (secondary N) is 1. The van der Waals surface area contributed by atoms with Crippen molar-refractivity contribution in [3.8, 4) is 0 Å². The van der Waals surface area contributed by atoms with Gasteiger partial charge in [-0.1, -0.05) is 31.9 Å². The molecule has 0 bridgehead atoms. The number of hydrogen-bond donors (Lipinski definition) is 2. The maximum absolute atomic E-state index is 12.6. The smallest absolute Gasteiger partial charge is 0.243 e. The first-order valence-corrected chi connectivity index (χ1v) is 10.1. The molecule has 1 aliphatic rings. The van der Waals surface area contributed by atoms with Gasteiger partial charge in [0, 0.05) is 19.6 Å². The van der Waals surface area contributed by atoms with Crippen LogP contribution in [-0.4, -0.2) is 38.3 Å². The van der Waals surface area contributed by atoms with Crippen LogP contribution < -0.4 is 11.1 Å². The number of nitrogens with two attached hydrogens (primary N) is 1. The summed E-state index contributed by atoms with van der Waals surface area (Å²) in [7, 11) is -3.36. The average molecular weight is 480 g/mol. The Hall–Kier alpha value is -0.870. The fourth-order valence-electron chi connectivity index (χ4n) is 2.65. The van der Waals surface area contributed by atoms with Crippen molar-refractivity contribution in [2.24, 2.45) is 10.7 Å². The summed E-state index contributed by atoms with van der Waals surface area (Å²) in [6, 6.07) is 6.93. The summed E-state index contributed by atoms with van der Waals surface area (Å²) in [5.74, 6) is 0.425. The standard InChI is InChI=1S/C17H28N4O2S.HI/c1-2-3-11-19-17(18)20-14-15-7-9-16(10-8-15)24(22,23)21-12-5-4-6-13-21;/h7-10H,2-6,11-14H2,1H3,(H3,18,19,20);1H. The number of guanidine groups is 1. The van der Waals surface area contributed by atoms with Crippen molar-refractivity contribution in [1.82, 2.24) is 9.62 Å². The molecule has 0 amide bonds. The van der Waals surface area contributed by atoms with E-state index in [4.69, 9.17) is 5.73 Å². The van der Waals surface area contributed by atoms with E-state index in [2.05, 4.69) is 17.2 Å². The van der Waals surface area contributed by atoms with Gasteiger partial charge in [0.15, 0.2) is 5.96 Å². The molecule has 0 unspecified atom stereocenters. The Morgan fingerprint density at radius 3 is 2.44 bits per heavy atom. The highest BCUT2D eigenvalue weighted by Gasteiger charge is 2.25. The molecule has 1 aromatic carbocycles. The van der Waals surface area contributed by atoms with Gasteiger partial charge in [-0.15, -0.1) is 24.0 Å². The van der Waals surface area contributed by atoms with E-state index in [1.807, 2.05) is 0 Å². The van der Waals surface area contributed by atoms with Gasteiger partial charge in [0.05, 0.1) is 11.4 Å². The van der Waals surface area contributed by atoms with Crippen molar-refractivity contribution in [1.29, 1.82) is 0 Å². The fourth-order valence-corrected chi connectivity index (χ4v) is 4.16. The number of benzene rings is 1. The highest BCUT2D eigenvalue weighted by Crippen LogP contribution is 2.20. The molecule has 0 aromatic heterocycles. The fraction of sp³-hybridized carbons (Fsp3) is 0.588. The van der Waals surface area contributed by atoms with Crippen LogP contribution in [0.25, 0.3) is 0 Å². The van der Waals surface area contributed by atoms with E-state index in [0.717, 1.165) is 44.2 Å². The molecule has 0 aliphatic carbocycles. The van der Waals surface area contributed by atoms with Gasteiger partial charge >= 0.3 is 0 Å². The second-order valence-electron chi connectivity index (χ2n) is 6.09. The molecule has 2 rings (SSSR count). The largest absolute Gasteiger partial charge is 0.370 e. The SMILES string of the molecule is CCCCNC(N)=NCc1ccc(S(=O)(=O)N2CCCCC2)cc1.I. The molecule has 1 aliphatic heterocycles. The lowest BCUT2D eigenvalue weighted by atomic mass is 10.2. The number of aliphatic imine (C=N–C) groups is 1. The van der Waals surface area contributed by atoms with Gasteiger partial charge in [-0.2, -0.15) is 4.31 Å². The van der Waals surface area contributed by atoms with Crippen LogP contribution in [0.2, 0.25) is 0 Å². The zero-order chi connectivity index (χ0) is 17.4. The minimum Gasteiger partial charge on any atom is -0.370 e. The summed E-state index contributed by atoms with van der Waals surface area (Å²) in [6.07, 6.45) is 5.15. The van der Waals surface area contributed by atoms with E-state index >= 15 is 0 Å². The van der Waals surface area contributed by atoms with Gasteiger partial charge in [0.2, 0.25) is 10.0 Å². The second-order valence-corrected chi connectivity index (χ2v) is 8.03. The van der Waals surface area contributed by atoms with E-state index < -0.39 is 10.0 Å². The molecule has 6 nitrogen and oxygen atoms in total. The van der Waals surface area contributed by atoms with E-state index in [0.29, 0.717) is 30.5 Å². The van der Waals surface area contributed by atoms with Crippen molar-refractivity contribution < 1.29 is 8.42 Å².